The molecular weight excluding hydrogens is 376 g/mol. The van der Waals surface area contributed by atoms with E-state index in [1.807, 2.05) is 28.9 Å². The number of aromatic nitrogens is 2. The van der Waals surface area contributed by atoms with E-state index in [2.05, 4.69) is 5.10 Å². The van der Waals surface area contributed by atoms with Gasteiger partial charge in [-0.25, -0.2) is 4.79 Å². The molecule has 0 atom stereocenters. The standard InChI is InChI=1S/C22H23ClN2O3/c1-27-22(26)16-6-8-20-17(10-16)12-24-25(20)13-18-11-19(23)7-9-21(18)28-14-15-4-2-3-5-15/h6-12,15H,2-5,13-14H2,1H3. The van der Waals surface area contributed by atoms with Gasteiger partial charge in [-0.2, -0.15) is 5.10 Å². The second kappa shape index (κ2) is 8.23. The molecule has 1 aliphatic rings. The van der Waals surface area contributed by atoms with Crippen LogP contribution >= 0.6 is 11.6 Å². The van der Waals surface area contributed by atoms with Crippen molar-refractivity contribution in [1.29, 1.82) is 0 Å². The number of carbonyl (C=O) groups is 1. The Kier molecular flexibility index (Phi) is 5.53. The molecule has 1 aromatic heterocycles. The number of ether oxygens (including phenoxy) is 2. The molecule has 2 aromatic carbocycles. The van der Waals surface area contributed by atoms with Gasteiger partial charge in [0.1, 0.15) is 5.75 Å². The van der Waals surface area contributed by atoms with Crippen LogP contribution in [0.2, 0.25) is 5.02 Å². The third-order valence-corrected chi connectivity index (χ3v) is 5.59. The van der Waals surface area contributed by atoms with Crippen LogP contribution in [0.4, 0.5) is 0 Å². The molecule has 0 aliphatic heterocycles. The zero-order valence-corrected chi connectivity index (χ0v) is 16.6. The van der Waals surface area contributed by atoms with E-state index in [0.29, 0.717) is 23.0 Å². The molecule has 0 amide bonds. The number of halogens is 1. The van der Waals surface area contributed by atoms with E-state index in [4.69, 9.17) is 21.1 Å². The van der Waals surface area contributed by atoms with Gasteiger partial charge in [0.15, 0.2) is 0 Å². The zero-order chi connectivity index (χ0) is 19.5. The van der Waals surface area contributed by atoms with Gasteiger partial charge in [-0.15, -0.1) is 0 Å². The molecule has 4 rings (SSSR count). The summed E-state index contributed by atoms with van der Waals surface area (Å²) in [7, 11) is 1.38. The van der Waals surface area contributed by atoms with Crippen molar-refractivity contribution < 1.29 is 14.3 Å². The van der Waals surface area contributed by atoms with Crippen LogP contribution in [0, 0.1) is 5.92 Å². The number of hydrogen-bond acceptors (Lipinski definition) is 4. The summed E-state index contributed by atoms with van der Waals surface area (Å²) in [4.78, 5) is 11.7. The monoisotopic (exact) mass is 398 g/mol. The Morgan fingerprint density at radius 3 is 2.82 bits per heavy atom. The number of esters is 1. The van der Waals surface area contributed by atoms with Crippen molar-refractivity contribution >= 4 is 28.5 Å². The number of nitrogens with zero attached hydrogens (tertiary/aromatic N) is 2. The third-order valence-electron chi connectivity index (χ3n) is 5.35. The summed E-state index contributed by atoms with van der Waals surface area (Å²) in [5.41, 5.74) is 2.44. The molecule has 5 nitrogen and oxygen atoms in total. The van der Waals surface area contributed by atoms with Crippen molar-refractivity contribution in [2.24, 2.45) is 5.92 Å². The molecule has 1 aliphatic carbocycles. The van der Waals surface area contributed by atoms with Gasteiger partial charge in [-0.05, 0) is 55.2 Å². The lowest BCUT2D eigenvalue weighted by atomic mass is 10.1. The van der Waals surface area contributed by atoms with Crippen molar-refractivity contribution in [2.75, 3.05) is 13.7 Å². The Balaban J connectivity index is 1.57. The summed E-state index contributed by atoms with van der Waals surface area (Å²) in [5.74, 6) is 1.14. The van der Waals surface area contributed by atoms with Crippen LogP contribution in [0.25, 0.3) is 10.9 Å². The van der Waals surface area contributed by atoms with Crippen molar-refractivity contribution in [3.63, 3.8) is 0 Å². The normalized spacial score (nSPS) is 14.5. The maximum absolute atomic E-state index is 11.7. The molecule has 146 valence electrons. The van der Waals surface area contributed by atoms with Crippen molar-refractivity contribution in [3.05, 3.63) is 58.7 Å². The van der Waals surface area contributed by atoms with E-state index in [9.17, 15) is 4.79 Å². The molecule has 28 heavy (non-hydrogen) atoms. The number of carbonyl (C=O) groups excluding carboxylic acids is 1. The first-order chi connectivity index (χ1) is 13.6. The van der Waals surface area contributed by atoms with Gasteiger partial charge >= 0.3 is 5.97 Å². The van der Waals surface area contributed by atoms with Crippen LogP contribution in [0.3, 0.4) is 0 Å². The summed E-state index contributed by atoms with van der Waals surface area (Å²) in [6.07, 6.45) is 6.85. The van der Waals surface area contributed by atoms with Gasteiger partial charge in [0.2, 0.25) is 0 Å². The Bertz CT molecular complexity index is 993. The summed E-state index contributed by atoms with van der Waals surface area (Å²) in [5, 5.41) is 6.05. The zero-order valence-electron chi connectivity index (χ0n) is 15.9. The molecule has 6 heteroatoms. The van der Waals surface area contributed by atoms with Crippen molar-refractivity contribution in [1.82, 2.24) is 9.78 Å². The van der Waals surface area contributed by atoms with Crippen LogP contribution in [-0.2, 0) is 11.3 Å². The Morgan fingerprint density at radius 1 is 1.21 bits per heavy atom. The lowest BCUT2D eigenvalue weighted by Gasteiger charge is -2.15. The quantitative estimate of drug-likeness (QED) is 0.542. The average Bonchev–Trinajstić information content (AvgIpc) is 3.36. The largest absolute Gasteiger partial charge is 0.493 e. The van der Waals surface area contributed by atoms with Gasteiger partial charge in [0.25, 0.3) is 0 Å². The van der Waals surface area contributed by atoms with Crippen LogP contribution in [-0.4, -0.2) is 29.5 Å². The lowest BCUT2D eigenvalue weighted by molar-refractivity contribution is 0.0601. The van der Waals surface area contributed by atoms with E-state index in [0.717, 1.165) is 28.8 Å². The second-order valence-electron chi connectivity index (χ2n) is 7.28. The molecular formula is C22H23ClN2O3. The molecule has 0 saturated heterocycles. The SMILES string of the molecule is COC(=O)c1ccc2c(cnn2Cc2cc(Cl)ccc2OCC2CCCC2)c1. The highest BCUT2D eigenvalue weighted by Gasteiger charge is 2.17. The summed E-state index contributed by atoms with van der Waals surface area (Å²) in [6, 6.07) is 11.2. The Labute approximate surface area is 169 Å². The van der Waals surface area contributed by atoms with Gasteiger partial charge < -0.3 is 9.47 Å². The molecule has 0 bridgehead atoms. The van der Waals surface area contributed by atoms with Crippen molar-refractivity contribution in [2.45, 2.75) is 32.2 Å². The fourth-order valence-corrected chi connectivity index (χ4v) is 4.01. The first-order valence-electron chi connectivity index (χ1n) is 9.59. The lowest BCUT2D eigenvalue weighted by Crippen LogP contribution is -2.10. The molecule has 1 fully saturated rings. The van der Waals surface area contributed by atoms with Crippen molar-refractivity contribution in [3.8, 4) is 5.75 Å². The van der Waals surface area contributed by atoms with Crippen LogP contribution in [0.1, 0.15) is 41.6 Å². The number of benzene rings is 2. The molecule has 3 aromatic rings. The summed E-state index contributed by atoms with van der Waals surface area (Å²) in [6.45, 7) is 1.29. The average molecular weight is 399 g/mol. The maximum Gasteiger partial charge on any atom is 0.337 e. The molecule has 1 saturated carbocycles. The molecule has 1 heterocycles. The van der Waals surface area contributed by atoms with E-state index < -0.39 is 0 Å². The van der Waals surface area contributed by atoms with Crippen LogP contribution in [0.5, 0.6) is 5.75 Å². The van der Waals surface area contributed by atoms with Crippen LogP contribution in [0.15, 0.2) is 42.6 Å². The van der Waals surface area contributed by atoms with E-state index >= 15 is 0 Å². The summed E-state index contributed by atoms with van der Waals surface area (Å²) >= 11 is 6.24. The minimum Gasteiger partial charge on any atom is -0.493 e. The molecule has 0 radical (unpaired) electrons. The number of methoxy groups -OCH3 is 1. The molecule has 0 unspecified atom stereocenters. The maximum atomic E-state index is 11.7. The number of hydrogen-bond donors (Lipinski definition) is 0. The summed E-state index contributed by atoms with van der Waals surface area (Å²) < 4.78 is 12.8. The highest BCUT2D eigenvalue weighted by molar-refractivity contribution is 6.30. The third kappa shape index (κ3) is 3.99. The minimum absolute atomic E-state index is 0.355. The smallest absolute Gasteiger partial charge is 0.337 e. The number of fused-ring (bicyclic) bond motifs is 1. The first-order valence-corrected chi connectivity index (χ1v) is 9.97. The highest BCUT2D eigenvalue weighted by Crippen LogP contribution is 2.29. The fraction of sp³-hybridized carbons (Fsp3) is 0.364. The van der Waals surface area contributed by atoms with E-state index in [1.165, 1.54) is 32.8 Å². The van der Waals surface area contributed by atoms with Gasteiger partial charge in [0, 0.05) is 16.0 Å². The predicted molar refractivity (Wildman–Crippen MR) is 109 cm³/mol. The van der Waals surface area contributed by atoms with Crippen LogP contribution < -0.4 is 4.74 Å². The Hall–Kier alpha value is -2.53. The fourth-order valence-electron chi connectivity index (χ4n) is 3.82. The number of rotatable bonds is 6. The minimum atomic E-state index is -0.355. The van der Waals surface area contributed by atoms with Gasteiger partial charge in [-0.1, -0.05) is 24.4 Å². The Morgan fingerprint density at radius 2 is 2.04 bits per heavy atom. The predicted octanol–water partition coefficient (Wildman–Crippen LogP) is 5.09. The first kappa shape index (κ1) is 18.8. The molecule has 0 N–H and O–H groups in total. The van der Waals surface area contributed by atoms with E-state index in [-0.39, 0.29) is 5.97 Å². The molecule has 0 spiro atoms. The van der Waals surface area contributed by atoms with Gasteiger partial charge in [-0.3, -0.25) is 4.68 Å². The van der Waals surface area contributed by atoms with Gasteiger partial charge in [0.05, 0.1) is 37.5 Å². The topological polar surface area (TPSA) is 53.3 Å². The highest BCUT2D eigenvalue weighted by atomic mass is 35.5. The van der Waals surface area contributed by atoms with E-state index in [1.54, 1.807) is 18.3 Å². The second-order valence-corrected chi connectivity index (χ2v) is 7.72.